The molecule has 2 N–H and O–H groups in total. The van der Waals surface area contributed by atoms with Crippen molar-refractivity contribution in [1.29, 1.82) is 0 Å². The van der Waals surface area contributed by atoms with Crippen LogP contribution >= 0.6 is 0 Å². The summed E-state index contributed by atoms with van der Waals surface area (Å²) in [6.45, 7) is 0.477. The summed E-state index contributed by atoms with van der Waals surface area (Å²) < 4.78 is 1.65. The van der Waals surface area contributed by atoms with Crippen LogP contribution in [0.5, 0.6) is 0 Å². The Hall–Kier alpha value is -4.65. The molecule has 7 nitrogen and oxygen atoms in total. The molecule has 0 saturated carbocycles. The Kier molecular flexibility index (Phi) is 4.55. The highest BCUT2D eigenvalue weighted by Gasteiger charge is 2.40. The first-order chi connectivity index (χ1) is 16.6. The molecular formula is C27H19N4O3+. The average Bonchev–Trinajstić information content (AvgIpc) is 3.30. The summed E-state index contributed by atoms with van der Waals surface area (Å²) in [5.74, 6) is -0.433. The molecule has 0 amide bonds. The van der Waals surface area contributed by atoms with Gasteiger partial charge in [-0.1, -0.05) is 71.9 Å². The van der Waals surface area contributed by atoms with Crippen molar-refractivity contribution < 1.29 is 14.3 Å². The van der Waals surface area contributed by atoms with Crippen LogP contribution in [0, 0.1) is 0 Å². The summed E-state index contributed by atoms with van der Waals surface area (Å²) in [6.07, 6.45) is 0.648. The van der Waals surface area contributed by atoms with Crippen LogP contribution < -0.4 is 10.2 Å². The van der Waals surface area contributed by atoms with Gasteiger partial charge < -0.3 is 4.98 Å². The van der Waals surface area contributed by atoms with E-state index in [0.29, 0.717) is 29.8 Å². The number of aromatic nitrogens is 4. The van der Waals surface area contributed by atoms with Gasteiger partial charge in [-0.25, -0.2) is 0 Å². The molecule has 0 spiro atoms. The third-order valence-corrected chi connectivity index (χ3v) is 6.27. The van der Waals surface area contributed by atoms with Gasteiger partial charge in [-0.2, -0.15) is 4.68 Å². The van der Waals surface area contributed by atoms with Crippen molar-refractivity contribution in [2.75, 3.05) is 0 Å². The normalized spacial score (nSPS) is 12.6. The van der Waals surface area contributed by atoms with Crippen molar-refractivity contribution in [2.45, 2.75) is 13.0 Å². The largest absolute Gasteiger partial charge is 0.321 e. The quantitative estimate of drug-likeness (QED) is 0.405. The number of para-hydroxylation sites is 1. The van der Waals surface area contributed by atoms with Crippen molar-refractivity contribution in [3.8, 4) is 11.1 Å². The van der Waals surface area contributed by atoms with E-state index in [1.165, 1.54) is 6.07 Å². The fourth-order valence-electron chi connectivity index (χ4n) is 4.54. The van der Waals surface area contributed by atoms with Crippen LogP contribution in [0.2, 0.25) is 0 Å². The van der Waals surface area contributed by atoms with E-state index in [-0.39, 0.29) is 22.8 Å². The molecule has 6 rings (SSSR count). The predicted octanol–water partition coefficient (Wildman–Crippen LogP) is 3.22. The van der Waals surface area contributed by atoms with Crippen LogP contribution in [0.15, 0.2) is 83.7 Å². The minimum atomic E-state index is -0.238. The molecule has 0 aliphatic heterocycles. The molecule has 3 aromatic carbocycles. The average molecular weight is 447 g/mol. The molecular weight excluding hydrogens is 428 g/mol. The second-order valence-corrected chi connectivity index (χ2v) is 8.30. The summed E-state index contributed by atoms with van der Waals surface area (Å²) in [5.41, 5.74) is 4.99. The van der Waals surface area contributed by atoms with Gasteiger partial charge in [-0.05, 0) is 22.6 Å². The predicted molar refractivity (Wildman–Crippen MR) is 126 cm³/mol. The number of hydrogen-bond donors (Lipinski definition) is 2. The molecule has 1 aliphatic rings. The number of hydrogen-bond acceptors (Lipinski definition) is 4. The van der Waals surface area contributed by atoms with Crippen LogP contribution in [0.3, 0.4) is 0 Å². The van der Waals surface area contributed by atoms with Gasteiger partial charge in [0.25, 0.3) is 5.69 Å². The summed E-state index contributed by atoms with van der Waals surface area (Å²) in [4.78, 5) is 40.5. The number of benzene rings is 3. The first kappa shape index (κ1) is 20.0. The molecule has 34 heavy (non-hydrogen) atoms. The fraction of sp³-hybridized carbons (Fsp3) is 0.0741. The van der Waals surface area contributed by atoms with E-state index in [0.717, 1.165) is 27.6 Å². The van der Waals surface area contributed by atoms with Crippen LogP contribution in [0.1, 0.15) is 37.7 Å². The topological polar surface area (TPSA) is 99.6 Å². The lowest BCUT2D eigenvalue weighted by Gasteiger charge is -2.10. The summed E-state index contributed by atoms with van der Waals surface area (Å²) in [7, 11) is 0. The van der Waals surface area contributed by atoms with Crippen molar-refractivity contribution in [3.63, 3.8) is 0 Å². The number of aromatic amines is 2. The van der Waals surface area contributed by atoms with Crippen molar-refractivity contribution in [3.05, 3.63) is 117 Å². The number of nitrogens with zero attached hydrogens (tertiary/aromatic N) is 2. The van der Waals surface area contributed by atoms with E-state index < -0.39 is 0 Å². The summed E-state index contributed by atoms with van der Waals surface area (Å²) >= 11 is 0. The number of rotatable bonds is 4. The van der Waals surface area contributed by atoms with Gasteiger partial charge in [0.1, 0.15) is 6.54 Å². The maximum absolute atomic E-state index is 13.0. The van der Waals surface area contributed by atoms with Gasteiger partial charge >= 0.3 is 5.69 Å². The summed E-state index contributed by atoms with van der Waals surface area (Å²) in [6, 6.07) is 24.2. The van der Waals surface area contributed by atoms with Crippen LogP contribution in [0.4, 0.5) is 0 Å². The Balaban J connectivity index is 1.26. The first-order valence-electron chi connectivity index (χ1n) is 11.0. The van der Waals surface area contributed by atoms with E-state index in [9.17, 15) is 14.4 Å². The van der Waals surface area contributed by atoms with Gasteiger partial charge in [0, 0.05) is 29.2 Å². The third-order valence-electron chi connectivity index (χ3n) is 6.27. The van der Waals surface area contributed by atoms with E-state index in [4.69, 9.17) is 0 Å². The van der Waals surface area contributed by atoms with Crippen LogP contribution in [-0.4, -0.2) is 26.9 Å². The third kappa shape index (κ3) is 3.17. The maximum atomic E-state index is 13.0. The molecule has 2 aromatic heterocycles. The zero-order valence-electron chi connectivity index (χ0n) is 18.0. The lowest BCUT2D eigenvalue weighted by atomic mass is 9.90. The van der Waals surface area contributed by atoms with E-state index in [2.05, 4.69) is 15.3 Å². The fourth-order valence-corrected chi connectivity index (χ4v) is 4.54. The van der Waals surface area contributed by atoms with Gasteiger partial charge in [0.05, 0.1) is 10.6 Å². The molecule has 0 atom stereocenters. The van der Waals surface area contributed by atoms with Crippen molar-refractivity contribution in [1.82, 2.24) is 15.3 Å². The number of nitrogens with one attached hydrogen (secondary N) is 2. The second kappa shape index (κ2) is 7.74. The second-order valence-electron chi connectivity index (χ2n) is 8.30. The zero-order chi connectivity index (χ0) is 23.2. The molecule has 0 saturated heterocycles. The SMILES string of the molecule is O=C1c2ccccc2C(=O)c2c1n[nH][n+]2CCc1ccc(-c2cccc3ccc(=O)[nH]c23)cc1. The Morgan fingerprint density at radius 1 is 0.735 bits per heavy atom. The molecule has 5 aromatic rings. The van der Waals surface area contributed by atoms with Gasteiger partial charge in [-0.3, -0.25) is 14.4 Å². The molecule has 1 aliphatic carbocycles. The van der Waals surface area contributed by atoms with E-state index in [1.807, 2.05) is 48.5 Å². The van der Waals surface area contributed by atoms with Gasteiger partial charge in [0.2, 0.25) is 17.1 Å². The molecule has 0 radical (unpaired) electrons. The molecule has 2 heterocycles. The molecule has 0 bridgehead atoms. The van der Waals surface area contributed by atoms with E-state index in [1.54, 1.807) is 28.9 Å². The highest BCUT2D eigenvalue weighted by atomic mass is 16.1. The number of H-pyrrole nitrogens is 2. The number of carbonyl (C=O) groups is 2. The maximum Gasteiger partial charge on any atom is 0.300 e. The van der Waals surface area contributed by atoms with E-state index >= 15 is 0 Å². The lowest BCUT2D eigenvalue weighted by molar-refractivity contribution is -0.754. The monoisotopic (exact) mass is 447 g/mol. The molecule has 7 heteroatoms. The van der Waals surface area contributed by atoms with Crippen molar-refractivity contribution in [2.24, 2.45) is 0 Å². The standard InChI is InChI=1S/C27H18N4O3/c32-22-13-12-18-4-3-7-19(23(18)28-22)17-10-8-16(9-11-17)14-15-31-25-24(29-30-31)26(33)20-5-1-2-6-21(20)27(25)34/h1-13H,14-15H2,(H,28,32)/p+1. The first-order valence-corrected chi connectivity index (χ1v) is 11.0. The highest BCUT2D eigenvalue weighted by Crippen LogP contribution is 2.27. The van der Waals surface area contributed by atoms with Crippen LogP contribution in [-0.2, 0) is 13.0 Å². The Morgan fingerprint density at radius 3 is 2.26 bits per heavy atom. The van der Waals surface area contributed by atoms with Crippen molar-refractivity contribution >= 4 is 22.5 Å². The smallest absolute Gasteiger partial charge is 0.300 e. The number of carbonyl (C=O) groups excluding carboxylic acids is 2. The minimum Gasteiger partial charge on any atom is -0.321 e. The van der Waals surface area contributed by atoms with Crippen LogP contribution in [0.25, 0.3) is 22.0 Å². The van der Waals surface area contributed by atoms with Gasteiger partial charge in [0.15, 0.2) is 0 Å². The lowest BCUT2D eigenvalue weighted by Crippen LogP contribution is -2.44. The number of pyridine rings is 1. The number of fused-ring (bicyclic) bond motifs is 3. The Labute approximate surface area is 193 Å². The van der Waals surface area contributed by atoms with Gasteiger partial charge in [-0.15, -0.1) is 0 Å². The Morgan fingerprint density at radius 2 is 1.47 bits per heavy atom. The highest BCUT2D eigenvalue weighted by molar-refractivity contribution is 6.26. The molecule has 164 valence electrons. The number of ketones is 2. The minimum absolute atomic E-state index is 0.132. The molecule has 0 unspecified atom stereocenters. The summed E-state index contributed by atoms with van der Waals surface area (Å²) in [5, 5.41) is 7.94. The number of aryl methyl sites for hydroxylation is 2. The Bertz CT molecular complexity index is 1660. The zero-order valence-corrected chi connectivity index (χ0v) is 18.0. The molecule has 0 fully saturated rings.